The summed E-state index contributed by atoms with van der Waals surface area (Å²) in [5.41, 5.74) is 0.500. The molecular weight excluding hydrogens is 286 g/mol. The van der Waals surface area contributed by atoms with Gasteiger partial charge in [0, 0.05) is 10.5 Å². The van der Waals surface area contributed by atoms with E-state index in [-0.39, 0.29) is 5.91 Å². The van der Waals surface area contributed by atoms with E-state index < -0.39 is 11.3 Å². The van der Waals surface area contributed by atoms with Crippen LogP contribution >= 0.6 is 11.8 Å². The lowest BCUT2D eigenvalue weighted by Crippen LogP contribution is -2.39. The predicted octanol–water partition coefficient (Wildman–Crippen LogP) is 2.71. The van der Waals surface area contributed by atoms with Crippen LogP contribution in [0.3, 0.4) is 0 Å². The summed E-state index contributed by atoms with van der Waals surface area (Å²) in [6.07, 6.45) is 0. The molecule has 21 heavy (non-hydrogen) atoms. The second-order valence-corrected chi connectivity index (χ2v) is 5.35. The number of ether oxygens (including phenoxy) is 1. The molecule has 0 heterocycles. The van der Waals surface area contributed by atoms with Crippen molar-refractivity contribution in [2.75, 3.05) is 7.11 Å². The van der Waals surface area contributed by atoms with Crippen molar-refractivity contribution in [2.45, 2.75) is 10.3 Å². The molecular formula is C16H15NO3S. The molecule has 0 bridgehead atoms. The van der Waals surface area contributed by atoms with Crippen molar-refractivity contribution in [1.29, 1.82) is 0 Å². The lowest BCUT2D eigenvalue weighted by atomic mass is 10.2. The Labute approximate surface area is 127 Å². The van der Waals surface area contributed by atoms with Gasteiger partial charge in [0.15, 0.2) is 5.37 Å². The molecule has 0 saturated carbocycles. The number of methoxy groups -OCH3 is 1. The number of nitrogens with one attached hydrogen (secondary N) is 1. The van der Waals surface area contributed by atoms with Gasteiger partial charge in [0.25, 0.3) is 5.91 Å². The van der Waals surface area contributed by atoms with Crippen LogP contribution in [0.25, 0.3) is 0 Å². The van der Waals surface area contributed by atoms with Crippen molar-refractivity contribution < 1.29 is 14.3 Å². The van der Waals surface area contributed by atoms with Gasteiger partial charge < -0.3 is 10.1 Å². The molecule has 5 heteroatoms. The Hall–Kier alpha value is -2.27. The molecule has 0 radical (unpaired) electrons. The molecule has 0 aliphatic carbocycles. The summed E-state index contributed by atoms with van der Waals surface area (Å²) in [7, 11) is 1.30. The van der Waals surface area contributed by atoms with Gasteiger partial charge in [0.2, 0.25) is 0 Å². The Morgan fingerprint density at radius 2 is 1.57 bits per heavy atom. The van der Waals surface area contributed by atoms with Crippen LogP contribution in [-0.4, -0.2) is 24.4 Å². The van der Waals surface area contributed by atoms with Gasteiger partial charge >= 0.3 is 5.97 Å². The average Bonchev–Trinajstić information content (AvgIpc) is 2.55. The van der Waals surface area contributed by atoms with E-state index in [0.717, 1.165) is 4.90 Å². The summed E-state index contributed by atoms with van der Waals surface area (Å²) in [6.45, 7) is 0. The fourth-order valence-corrected chi connectivity index (χ4v) is 2.62. The van der Waals surface area contributed by atoms with E-state index >= 15 is 0 Å². The number of carbonyl (C=O) groups is 2. The molecule has 0 aliphatic heterocycles. The zero-order valence-electron chi connectivity index (χ0n) is 11.5. The monoisotopic (exact) mass is 301 g/mol. The first kappa shape index (κ1) is 15.1. The molecule has 2 aromatic carbocycles. The minimum Gasteiger partial charge on any atom is -0.467 e. The summed E-state index contributed by atoms with van der Waals surface area (Å²) in [6, 6.07) is 18.1. The smallest absolute Gasteiger partial charge is 0.339 e. The number of amides is 1. The first-order valence-corrected chi connectivity index (χ1v) is 7.24. The minimum absolute atomic E-state index is 0.311. The van der Waals surface area contributed by atoms with Crippen molar-refractivity contribution >= 4 is 23.6 Å². The Morgan fingerprint density at radius 1 is 1.00 bits per heavy atom. The third kappa shape index (κ3) is 4.36. The molecule has 1 amide bonds. The van der Waals surface area contributed by atoms with E-state index in [4.69, 9.17) is 4.74 Å². The third-order valence-corrected chi connectivity index (χ3v) is 3.80. The number of esters is 1. The summed E-state index contributed by atoms with van der Waals surface area (Å²) in [5.74, 6) is -0.803. The molecule has 0 aliphatic rings. The van der Waals surface area contributed by atoms with Gasteiger partial charge in [-0.25, -0.2) is 4.79 Å². The standard InChI is InChI=1S/C16H15NO3S/c1-20-16(19)15(21-13-10-6-3-7-11-13)17-14(18)12-8-4-2-5-9-12/h2-11,15H,1H3,(H,17,18). The largest absolute Gasteiger partial charge is 0.467 e. The fraction of sp³-hybridized carbons (Fsp3) is 0.125. The molecule has 1 unspecified atom stereocenters. The van der Waals surface area contributed by atoms with E-state index in [1.165, 1.54) is 18.9 Å². The Kier molecular flexibility index (Phi) is 5.40. The van der Waals surface area contributed by atoms with E-state index in [1.54, 1.807) is 24.3 Å². The number of benzene rings is 2. The van der Waals surface area contributed by atoms with Gasteiger partial charge in [-0.15, -0.1) is 0 Å². The Balaban J connectivity index is 2.10. The minimum atomic E-state index is -0.787. The van der Waals surface area contributed by atoms with Crippen molar-refractivity contribution in [2.24, 2.45) is 0 Å². The quantitative estimate of drug-likeness (QED) is 0.524. The molecule has 4 nitrogen and oxygen atoms in total. The highest BCUT2D eigenvalue weighted by atomic mass is 32.2. The highest BCUT2D eigenvalue weighted by Gasteiger charge is 2.23. The number of carbonyl (C=O) groups excluding carboxylic acids is 2. The molecule has 0 aromatic heterocycles. The first-order valence-electron chi connectivity index (χ1n) is 6.36. The molecule has 0 saturated heterocycles. The summed E-state index contributed by atoms with van der Waals surface area (Å²) in [4.78, 5) is 24.8. The first-order chi connectivity index (χ1) is 10.2. The molecule has 0 fully saturated rings. The number of hydrogen-bond donors (Lipinski definition) is 1. The van der Waals surface area contributed by atoms with Gasteiger partial charge in [-0.3, -0.25) is 4.79 Å². The van der Waals surface area contributed by atoms with Gasteiger partial charge in [-0.1, -0.05) is 48.2 Å². The molecule has 2 rings (SSSR count). The summed E-state index contributed by atoms with van der Waals surface area (Å²) < 4.78 is 4.75. The average molecular weight is 301 g/mol. The van der Waals surface area contributed by atoms with Crippen LogP contribution in [0, 0.1) is 0 Å². The molecule has 1 atom stereocenters. The van der Waals surface area contributed by atoms with Crippen LogP contribution in [0.5, 0.6) is 0 Å². The zero-order chi connectivity index (χ0) is 15.1. The van der Waals surface area contributed by atoms with E-state index in [0.29, 0.717) is 5.56 Å². The van der Waals surface area contributed by atoms with Gasteiger partial charge in [0.1, 0.15) is 0 Å². The number of rotatable bonds is 5. The predicted molar refractivity (Wildman–Crippen MR) is 82.0 cm³/mol. The van der Waals surface area contributed by atoms with Gasteiger partial charge in [-0.05, 0) is 24.3 Å². The topological polar surface area (TPSA) is 55.4 Å². The lowest BCUT2D eigenvalue weighted by molar-refractivity contribution is -0.140. The van der Waals surface area contributed by atoms with Crippen LogP contribution in [0.15, 0.2) is 65.6 Å². The highest BCUT2D eigenvalue weighted by Crippen LogP contribution is 2.22. The second kappa shape index (κ2) is 7.50. The maximum Gasteiger partial charge on any atom is 0.339 e. The summed E-state index contributed by atoms with van der Waals surface area (Å²) in [5, 5.41) is 1.90. The number of thioether (sulfide) groups is 1. The lowest BCUT2D eigenvalue weighted by Gasteiger charge is -2.16. The number of hydrogen-bond acceptors (Lipinski definition) is 4. The van der Waals surface area contributed by atoms with Crippen LogP contribution in [0.4, 0.5) is 0 Å². The molecule has 2 aromatic rings. The third-order valence-electron chi connectivity index (χ3n) is 2.71. The Morgan fingerprint density at radius 3 is 2.14 bits per heavy atom. The SMILES string of the molecule is COC(=O)C(NC(=O)c1ccccc1)Sc1ccccc1. The second-order valence-electron chi connectivity index (χ2n) is 4.17. The van der Waals surface area contributed by atoms with Crippen LogP contribution in [0.2, 0.25) is 0 Å². The van der Waals surface area contributed by atoms with E-state index in [2.05, 4.69) is 5.32 Å². The highest BCUT2D eigenvalue weighted by molar-refractivity contribution is 8.00. The molecule has 108 valence electrons. The van der Waals surface area contributed by atoms with Crippen molar-refractivity contribution in [3.8, 4) is 0 Å². The van der Waals surface area contributed by atoms with Crippen molar-refractivity contribution in [1.82, 2.24) is 5.32 Å². The van der Waals surface area contributed by atoms with Crippen LogP contribution in [0.1, 0.15) is 10.4 Å². The van der Waals surface area contributed by atoms with Crippen LogP contribution < -0.4 is 5.32 Å². The van der Waals surface area contributed by atoms with E-state index in [9.17, 15) is 9.59 Å². The normalized spacial score (nSPS) is 11.5. The maximum absolute atomic E-state index is 12.1. The zero-order valence-corrected chi connectivity index (χ0v) is 12.3. The van der Waals surface area contributed by atoms with Gasteiger partial charge in [-0.2, -0.15) is 0 Å². The van der Waals surface area contributed by atoms with Gasteiger partial charge in [0.05, 0.1) is 7.11 Å². The van der Waals surface area contributed by atoms with Crippen LogP contribution in [-0.2, 0) is 9.53 Å². The maximum atomic E-state index is 12.1. The van der Waals surface area contributed by atoms with Crippen molar-refractivity contribution in [3.05, 3.63) is 66.2 Å². The van der Waals surface area contributed by atoms with E-state index in [1.807, 2.05) is 36.4 Å². The Bertz CT molecular complexity index is 601. The fourth-order valence-electron chi connectivity index (χ4n) is 1.67. The molecule has 0 spiro atoms. The summed E-state index contributed by atoms with van der Waals surface area (Å²) >= 11 is 1.24. The van der Waals surface area contributed by atoms with Crippen molar-refractivity contribution in [3.63, 3.8) is 0 Å². The molecule has 1 N–H and O–H groups in total.